The second-order valence-electron chi connectivity index (χ2n) is 6.92. The molecule has 0 fully saturated rings. The van der Waals surface area contributed by atoms with Crippen molar-refractivity contribution in [3.05, 3.63) is 96.1 Å². The maximum Gasteiger partial charge on any atom is 0.255 e. The summed E-state index contributed by atoms with van der Waals surface area (Å²) < 4.78 is 32.7. The number of para-hydroxylation sites is 1. The highest BCUT2D eigenvalue weighted by molar-refractivity contribution is 7.89. The van der Waals surface area contributed by atoms with Gasteiger partial charge in [0.2, 0.25) is 10.0 Å². The average molecular weight is 452 g/mol. The van der Waals surface area contributed by atoms with Crippen LogP contribution in [0.25, 0.3) is 0 Å². The Morgan fingerprint density at radius 1 is 0.969 bits per heavy atom. The molecule has 0 aliphatic carbocycles. The van der Waals surface area contributed by atoms with Crippen molar-refractivity contribution in [2.45, 2.75) is 11.3 Å². The van der Waals surface area contributed by atoms with Crippen LogP contribution >= 0.6 is 0 Å². The van der Waals surface area contributed by atoms with E-state index in [9.17, 15) is 13.2 Å². The zero-order valence-electron chi connectivity index (χ0n) is 17.7. The molecule has 0 spiro atoms. The Morgan fingerprint density at radius 3 is 2.28 bits per heavy atom. The van der Waals surface area contributed by atoms with Crippen molar-refractivity contribution in [3.8, 4) is 5.75 Å². The topological polar surface area (TPSA) is 88.1 Å². The Balaban J connectivity index is 1.72. The third kappa shape index (κ3) is 6.26. The SMILES string of the molecule is COc1ccccc1/C=N\NC(=O)CN(CCc1ccccc1)S(=O)(=O)c1ccccc1. The summed E-state index contributed by atoms with van der Waals surface area (Å²) in [6.07, 6.45) is 1.93. The van der Waals surface area contributed by atoms with Gasteiger partial charge in [0.1, 0.15) is 5.75 Å². The Labute approximate surface area is 188 Å². The van der Waals surface area contributed by atoms with Gasteiger partial charge in [-0.1, -0.05) is 60.7 Å². The number of amides is 1. The van der Waals surface area contributed by atoms with Gasteiger partial charge in [-0.3, -0.25) is 4.79 Å². The molecule has 166 valence electrons. The van der Waals surface area contributed by atoms with Crippen molar-refractivity contribution in [1.82, 2.24) is 9.73 Å². The van der Waals surface area contributed by atoms with Gasteiger partial charge >= 0.3 is 0 Å². The lowest BCUT2D eigenvalue weighted by molar-refractivity contribution is -0.121. The van der Waals surface area contributed by atoms with E-state index in [0.717, 1.165) is 5.56 Å². The quantitative estimate of drug-likeness (QED) is 0.379. The number of methoxy groups -OCH3 is 1. The van der Waals surface area contributed by atoms with E-state index in [1.807, 2.05) is 42.5 Å². The van der Waals surface area contributed by atoms with Gasteiger partial charge in [-0.05, 0) is 36.2 Å². The van der Waals surface area contributed by atoms with Crippen LogP contribution in [0.5, 0.6) is 5.75 Å². The highest BCUT2D eigenvalue weighted by Gasteiger charge is 2.26. The summed E-state index contributed by atoms with van der Waals surface area (Å²) in [6.45, 7) is -0.196. The zero-order valence-corrected chi connectivity index (χ0v) is 18.5. The molecule has 3 rings (SSSR count). The largest absolute Gasteiger partial charge is 0.496 e. The van der Waals surface area contributed by atoms with Crippen molar-refractivity contribution in [2.75, 3.05) is 20.2 Å². The normalized spacial score (nSPS) is 11.6. The average Bonchev–Trinajstić information content (AvgIpc) is 2.83. The van der Waals surface area contributed by atoms with Crippen LogP contribution < -0.4 is 10.2 Å². The number of hydrogen-bond acceptors (Lipinski definition) is 5. The van der Waals surface area contributed by atoms with Gasteiger partial charge in [-0.25, -0.2) is 13.8 Å². The number of sulfonamides is 1. The highest BCUT2D eigenvalue weighted by Crippen LogP contribution is 2.16. The maximum atomic E-state index is 13.2. The molecule has 0 aliphatic heterocycles. The number of hydrazone groups is 1. The lowest BCUT2D eigenvalue weighted by Crippen LogP contribution is -2.40. The number of rotatable bonds is 10. The van der Waals surface area contributed by atoms with Crippen molar-refractivity contribution < 1.29 is 17.9 Å². The summed E-state index contributed by atoms with van der Waals surface area (Å²) >= 11 is 0. The first-order chi connectivity index (χ1) is 15.5. The minimum Gasteiger partial charge on any atom is -0.496 e. The third-order valence-electron chi connectivity index (χ3n) is 4.73. The molecule has 1 N–H and O–H groups in total. The standard InChI is InChI=1S/C24H25N3O4S/c1-31-23-15-9-8-12-21(23)18-25-26-24(28)19-27(17-16-20-10-4-2-5-11-20)32(29,30)22-13-6-3-7-14-22/h2-15,18H,16-17,19H2,1H3,(H,26,28)/b25-18-. The molecule has 0 radical (unpaired) electrons. The van der Waals surface area contributed by atoms with E-state index in [-0.39, 0.29) is 18.0 Å². The molecule has 0 unspecified atom stereocenters. The zero-order chi connectivity index (χ0) is 22.8. The monoisotopic (exact) mass is 451 g/mol. The molecule has 1 amide bonds. The summed E-state index contributed by atoms with van der Waals surface area (Å²) in [6, 6.07) is 24.8. The van der Waals surface area contributed by atoms with Crippen LogP contribution in [0.2, 0.25) is 0 Å². The number of carbonyl (C=O) groups excluding carboxylic acids is 1. The predicted octanol–water partition coefficient (Wildman–Crippen LogP) is 3.08. The molecule has 0 heterocycles. The molecule has 3 aromatic carbocycles. The molecule has 0 aliphatic rings. The van der Waals surface area contributed by atoms with Crippen molar-refractivity contribution >= 4 is 22.1 Å². The lowest BCUT2D eigenvalue weighted by atomic mass is 10.1. The van der Waals surface area contributed by atoms with Gasteiger partial charge in [0.15, 0.2) is 0 Å². The first kappa shape index (κ1) is 23.2. The predicted molar refractivity (Wildman–Crippen MR) is 124 cm³/mol. The number of nitrogens with one attached hydrogen (secondary N) is 1. The lowest BCUT2D eigenvalue weighted by Gasteiger charge is -2.21. The van der Waals surface area contributed by atoms with E-state index in [4.69, 9.17) is 4.74 Å². The van der Waals surface area contributed by atoms with Crippen molar-refractivity contribution in [2.24, 2.45) is 5.10 Å². The van der Waals surface area contributed by atoms with E-state index < -0.39 is 15.9 Å². The van der Waals surface area contributed by atoms with Crippen molar-refractivity contribution in [3.63, 3.8) is 0 Å². The minimum absolute atomic E-state index is 0.137. The number of nitrogens with zero attached hydrogens (tertiary/aromatic N) is 2. The molecule has 8 heteroatoms. The second-order valence-corrected chi connectivity index (χ2v) is 8.86. The van der Waals surface area contributed by atoms with E-state index in [1.54, 1.807) is 37.4 Å². The molecule has 3 aromatic rings. The Hall–Kier alpha value is -3.49. The maximum absolute atomic E-state index is 13.2. The minimum atomic E-state index is -3.85. The van der Waals surface area contributed by atoms with Crippen molar-refractivity contribution in [1.29, 1.82) is 0 Å². The Kier molecular flexibility index (Phi) is 8.13. The molecule has 0 saturated carbocycles. The molecule has 0 bridgehead atoms. The highest BCUT2D eigenvalue weighted by atomic mass is 32.2. The first-order valence-electron chi connectivity index (χ1n) is 10.0. The molecule has 0 aromatic heterocycles. The van der Waals surface area contributed by atoms with Crippen LogP contribution in [0.15, 0.2) is 94.9 Å². The smallest absolute Gasteiger partial charge is 0.255 e. The fourth-order valence-electron chi connectivity index (χ4n) is 3.07. The van der Waals surface area contributed by atoms with Crippen LogP contribution in [0.1, 0.15) is 11.1 Å². The van der Waals surface area contributed by atoms with Crippen LogP contribution in [-0.2, 0) is 21.2 Å². The molecule has 7 nitrogen and oxygen atoms in total. The summed E-state index contributed by atoms with van der Waals surface area (Å²) in [4.78, 5) is 12.7. The van der Waals surface area contributed by atoms with E-state index in [0.29, 0.717) is 17.7 Å². The van der Waals surface area contributed by atoms with Gasteiger partial charge in [-0.2, -0.15) is 9.41 Å². The van der Waals surface area contributed by atoms with Gasteiger partial charge in [0.25, 0.3) is 5.91 Å². The third-order valence-corrected chi connectivity index (χ3v) is 6.58. The number of hydrogen-bond donors (Lipinski definition) is 1. The Bertz CT molecular complexity index is 1150. The Morgan fingerprint density at radius 2 is 1.59 bits per heavy atom. The molecular formula is C24H25N3O4S. The molecular weight excluding hydrogens is 426 g/mol. The van der Waals surface area contributed by atoms with Gasteiger partial charge in [0, 0.05) is 12.1 Å². The van der Waals surface area contributed by atoms with E-state index >= 15 is 0 Å². The number of ether oxygens (including phenoxy) is 1. The van der Waals surface area contributed by atoms with Crippen LogP contribution in [0.3, 0.4) is 0 Å². The van der Waals surface area contributed by atoms with Crippen LogP contribution in [0.4, 0.5) is 0 Å². The summed E-state index contributed by atoms with van der Waals surface area (Å²) in [5.41, 5.74) is 4.07. The fraction of sp³-hybridized carbons (Fsp3) is 0.167. The van der Waals surface area contributed by atoms with Gasteiger partial charge < -0.3 is 4.74 Å². The fourth-order valence-corrected chi connectivity index (χ4v) is 4.48. The summed E-state index contributed by atoms with van der Waals surface area (Å²) in [7, 11) is -2.31. The van der Waals surface area contributed by atoms with E-state index in [1.165, 1.54) is 22.7 Å². The molecule has 32 heavy (non-hydrogen) atoms. The van der Waals surface area contributed by atoms with Crippen LogP contribution in [0, 0.1) is 0 Å². The summed E-state index contributed by atoms with van der Waals surface area (Å²) in [5, 5.41) is 3.95. The number of benzene rings is 3. The first-order valence-corrected chi connectivity index (χ1v) is 11.5. The van der Waals surface area contributed by atoms with Crippen LogP contribution in [-0.4, -0.2) is 45.0 Å². The van der Waals surface area contributed by atoms with E-state index in [2.05, 4.69) is 10.5 Å². The second kappa shape index (κ2) is 11.2. The van der Waals surface area contributed by atoms with Gasteiger partial charge in [-0.15, -0.1) is 0 Å². The summed E-state index contributed by atoms with van der Waals surface area (Å²) in [5.74, 6) is 0.0744. The number of carbonyl (C=O) groups is 1. The molecule has 0 saturated heterocycles. The van der Waals surface area contributed by atoms with Gasteiger partial charge in [0.05, 0.1) is 24.8 Å². The molecule has 0 atom stereocenters.